The van der Waals surface area contributed by atoms with Crippen LogP contribution in [0.25, 0.3) is 5.69 Å². The summed E-state index contributed by atoms with van der Waals surface area (Å²) in [4.78, 5) is 14.6. The summed E-state index contributed by atoms with van der Waals surface area (Å²) in [5.74, 6) is 1.84. The Morgan fingerprint density at radius 1 is 1.21 bits per heavy atom. The number of aromatic nitrogens is 3. The first-order chi connectivity index (χ1) is 11.7. The minimum atomic E-state index is -0.280. The summed E-state index contributed by atoms with van der Waals surface area (Å²) >= 11 is 0. The topological polar surface area (TPSA) is 81.6 Å². The van der Waals surface area contributed by atoms with Gasteiger partial charge in [-0.1, -0.05) is 0 Å². The fourth-order valence-electron chi connectivity index (χ4n) is 2.93. The summed E-state index contributed by atoms with van der Waals surface area (Å²) < 4.78 is 17.6. The molecule has 1 atom stereocenters. The van der Waals surface area contributed by atoms with E-state index in [9.17, 15) is 4.79 Å². The Labute approximate surface area is 139 Å². The van der Waals surface area contributed by atoms with E-state index in [1.165, 1.54) is 0 Å². The molecule has 1 saturated heterocycles. The van der Waals surface area contributed by atoms with Crippen LogP contribution < -0.4 is 15.2 Å². The summed E-state index contributed by atoms with van der Waals surface area (Å²) in [6.45, 7) is 5.05. The highest BCUT2D eigenvalue weighted by atomic mass is 16.5. The first-order valence-corrected chi connectivity index (χ1v) is 7.87. The highest BCUT2D eigenvalue weighted by Gasteiger charge is 2.24. The van der Waals surface area contributed by atoms with Crippen LogP contribution in [-0.2, 0) is 4.74 Å². The molecule has 1 N–H and O–H groups in total. The Hall–Kier alpha value is -2.32. The van der Waals surface area contributed by atoms with Gasteiger partial charge in [-0.3, -0.25) is 4.90 Å². The molecule has 1 aliphatic rings. The van der Waals surface area contributed by atoms with Crippen molar-refractivity contribution in [2.24, 2.45) is 0 Å². The van der Waals surface area contributed by atoms with E-state index in [4.69, 9.17) is 14.2 Å². The molecule has 1 aliphatic heterocycles. The average molecular weight is 334 g/mol. The van der Waals surface area contributed by atoms with E-state index in [-0.39, 0.29) is 11.7 Å². The van der Waals surface area contributed by atoms with Crippen LogP contribution in [0.4, 0.5) is 0 Å². The zero-order valence-corrected chi connectivity index (χ0v) is 14.1. The Balaban J connectivity index is 1.99. The summed E-state index contributed by atoms with van der Waals surface area (Å²) in [6, 6.07) is 5.34. The van der Waals surface area contributed by atoms with Crippen LogP contribution in [0.3, 0.4) is 0 Å². The van der Waals surface area contributed by atoms with Gasteiger partial charge >= 0.3 is 5.69 Å². The van der Waals surface area contributed by atoms with Crippen LogP contribution in [0.1, 0.15) is 18.8 Å². The van der Waals surface area contributed by atoms with E-state index in [1.54, 1.807) is 30.9 Å². The van der Waals surface area contributed by atoms with Gasteiger partial charge < -0.3 is 14.2 Å². The van der Waals surface area contributed by atoms with Gasteiger partial charge in [-0.25, -0.2) is 14.5 Å². The molecule has 2 heterocycles. The summed E-state index contributed by atoms with van der Waals surface area (Å²) in [6.07, 6.45) is 0. The van der Waals surface area contributed by atoms with E-state index < -0.39 is 0 Å². The number of aromatic amines is 1. The number of ether oxygens (including phenoxy) is 3. The lowest BCUT2D eigenvalue weighted by atomic mass is 10.2. The summed E-state index contributed by atoms with van der Waals surface area (Å²) in [5, 5.41) is 6.79. The van der Waals surface area contributed by atoms with Crippen molar-refractivity contribution < 1.29 is 14.2 Å². The van der Waals surface area contributed by atoms with Crippen molar-refractivity contribution in [3.05, 3.63) is 34.5 Å². The molecule has 2 aromatic rings. The number of nitrogens with one attached hydrogen (secondary N) is 1. The van der Waals surface area contributed by atoms with E-state index >= 15 is 0 Å². The summed E-state index contributed by atoms with van der Waals surface area (Å²) in [5.41, 5.74) is 0.402. The molecule has 0 saturated carbocycles. The Bertz CT molecular complexity index is 749. The fourth-order valence-corrected chi connectivity index (χ4v) is 2.93. The van der Waals surface area contributed by atoms with Gasteiger partial charge in [0.15, 0.2) is 17.3 Å². The zero-order valence-electron chi connectivity index (χ0n) is 14.1. The molecule has 1 fully saturated rings. The molecular weight excluding hydrogens is 312 g/mol. The van der Waals surface area contributed by atoms with Crippen molar-refractivity contribution in [3.63, 3.8) is 0 Å². The lowest BCUT2D eigenvalue weighted by molar-refractivity contribution is 0.0178. The van der Waals surface area contributed by atoms with Crippen LogP contribution >= 0.6 is 0 Å². The monoisotopic (exact) mass is 334 g/mol. The van der Waals surface area contributed by atoms with Crippen LogP contribution in [0.5, 0.6) is 11.5 Å². The van der Waals surface area contributed by atoms with Crippen molar-refractivity contribution in [1.82, 2.24) is 19.7 Å². The lowest BCUT2D eigenvalue weighted by Crippen LogP contribution is -2.39. The normalized spacial score (nSPS) is 16.8. The molecule has 0 radical (unpaired) electrons. The molecule has 8 nitrogen and oxygen atoms in total. The molecule has 24 heavy (non-hydrogen) atoms. The third-order valence-corrected chi connectivity index (χ3v) is 4.29. The number of morpholine rings is 1. The van der Waals surface area contributed by atoms with Crippen molar-refractivity contribution in [3.8, 4) is 17.2 Å². The van der Waals surface area contributed by atoms with E-state index in [0.717, 1.165) is 13.1 Å². The SMILES string of the molecule is COc1ccc(-n2c([C@H](C)N3CCOCC3)n[nH]c2=O)cc1OC. The third kappa shape index (κ3) is 3.02. The Kier molecular flexibility index (Phi) is 4.86. The quantitative estimate of drug-likeness (QED) is 0.877. The predicted octanol–water partition coefficient (Wildman–Crippen LogP) is 0.971. The van der Waals surface area contributed by atoms with E-state index in [2.05, 4.69) is 15.1 Å². The number of methoxy groups -OCH3 is 2. The predicted molar refractivity (Wildman–Crippen MR) is 88.1 cm³/mol. The van der Waals surface area contributed by atoms with E-state index in [0.29, 0.717) is 36.2 Å². The van der Waals surface area contributed by atoms with Gasteiger partial charge in [0.1, 0.15) is 0 Å². The van der Waals surface area contributed by atoms with Crippen molar-refractivity contribution in [2.75, 3.05) is 40.5 Å². The number of nitrogens with zero attached hydrogens (tertiary/aromatic N) is 3. The Morgan fingerprint density at radius 2 is 1.92 bits per heavy atom. The first kappa shape index (κ1) is 16.5. The van der Waals surface area contributed by atoms with Crippen LogP contribution in [0, 0.1) is 0 Å². The van der Waals surface area contributed by atoms with Crippen molar-refractivity contribution in [2.45, 2.75) is 13.0 Å². The molecule has 0 bridgehead atoms. The van der Waals surface area contributed by atoms with Crippen molar-refractivity contribution in [1.29, 1.82) is 0 Å². The number of hydrogen-bond acceptors (Lipinski definition) is 6. The maximum absolute atomic E-state index is 12.3. The maximum Gasteiger partial charge on any atom is 0.347 e. The molecule has 1 aromatic carbocycles. The second-order valence-corrected chi connectivity index (χ2v) is 5.59. The molecular formula is C16H22N4O4. The number of rotatable bonds is 5. The molecule has 0 aliphatic carbocycles. The molecule has 0 spiro atoms. The minimum Gasteiger partial charge on any atom is -0.493 e. The van der Waals surface area contributed by atoms with Gasteiger partial charge in [0.25, 0.3) is 0 Å². The molecule has 1 aromatic heterocycles. The highest BCUT2D eigenvalue weighted by molar-refractivity contribution is 5.49. The van der Waals surface area contributed by atoms with Gasteiger partial charge in [-0.05, 0) is 19.1 Å². The largest absolute Gasteiger partial charge is 0.493 e. The molecule has 8 heteroatoms. The fraction of sp³-hybridized carbons (Fsp3) is 0.500. The standard InChI is InChI=1S/C16H22N4O4/c1-11(19-6-8-24-9-7-19)15-17-18-16(21)20(15)12-4-5-13(22-2)14(10-12)23-3/h4-5,10-11H,6-9H2,1-3H3,(H,18,21)/t11-/m0/s1. The van der Waals surface area contributed by atoms with E-state index in [1.807, 2.05) is 13.0 Å². The highest BCUT2D eigenvalue weighted by Crippen LogP contribution is 2.30. The first-order valence-electron chi connectivity index (χ1n) is 7.87. The van der Waals surface area contributed by atoms with Gasteiger partial charge in [0.2, 0.25) is 0 Å². The van der Waals surface area contributed by atoms with Crippen LogP contribution in [-0.4, -0.2) is 60.2 Å². The minimum absolute atomic E-state index is 0.0130. The molecule has 0 unspecified atom stereocenters. The van der Waals surface area contributed by atoms with Crippen LogP contribution in [0.2, 0.25) is 0 Å². The van der Waals surface area contributed by atoms with Gasteiger partial charge in [-0.15, -0.1) is 0 Å². The zero-order chi connectivity index (χ0) is 17.1. The van der Waals surface area contributed by atoms with Gasteiger partial charge in [0.05, 0.1) is 39.2 Å². The second kappa shape index (κ2) is 7.06. The maximum atomic E-state index is 12.3. The molecule has 0 amide bonds. The van der Waals surface area contributed by atoms with Crippen molar-refractivity contribution >= 4 is 0 Å². The number of hydrogen-bond donors (Lipinski definition) is 1. The third-order valence-electron chi connectivity index (χ3n) is 4.29. The Morgan fingerprint density at radius 3 is 2.58 bits per heavy atom. The number of benzene rings is 1. The molecule has 130 valence electrons. The smallest absolute Gasteiger partial charge is 0.347 e. The summed E-state index contributed by atoms with van der Waals surface area (Å²) in [7, 11) is 3.14. The molecule has 3 rings (SSSR count). The van der Waals surface area contributed by atoms with Crippen LogP contribution in [0.15, 0.2) is 23.0 Å². The average Bonchev–Trinajstić information content (AvgIpc) is 3.02. The van der Waals surface area contributed by atoms with Gasteiger partial charge in [0, 0.05) is 19.2 Å². The lowest BCUT2D eigenvalue weighted by Gasteiger charge is -2.31. The second-order valence-electron chi connectivity index (χ2n) is 5.59. The van der Waals surface area contributed by atoms with Gasteiger partial charge in [-0.2, -0.15) is 5.10 Å². The number of H-pyrrole nitrogens is 1.